The third-order valence-electron chi connectivity index (χ3n) is 2.46. The molecule has 0 radical (unpaired) electrons. The highest BCUT2D eigenvalue weighted by atomic mass is 35.5. The van der Waals surface area contributed by atoms with Crippen molar-refractivity contribution in [2.24, 2.45) is 4.99 Å². The zero-order valence-corrected chi connectivity index (χ0v) is 11.5. The Labute approximate surface area is 122 Å². The first kappa shape index (κ1) is 14.4. The first-order chi connectivity index (χ1) is 9.47. The van der Waals surface area contributed by atoms with Gasteiger partial charge < -0.3 is 5.11 Å². The van der Waals surface area contributed by atoms with Crippen molar-refractivity contribution in [1.29, 1.82) is 0 Å². The molecule has 20 heavy (non-hydrogen) atoms. The van der Waals surface area contributed by atoms with Crippen molar-refractivity contribution in [3.05, 3.63) is 60.2 Å². The lowest BCUT2D eigenvalue weighted by Crippen LogP contribution is -2.24. The molecule has 0 aliphatic heterocycles. The van der Waals surface area contributed by atoms with Crippen LogP contribution in [0.2, 0.25) is 10.0 Å². The molecular weight excluding hydrogens is 305 g/mol. The van der Waals surface area contributed by atoms with Crippen molar-refractivity contribution >= 4 is 29.4 Å². The molecule has 0 aliphatic rings. The largest absolute Gasteiger partial charge is 0.494 e. The van der Waals surface area contributed by atoms with Gasteiger partial charge in [0, 0.05) is 16.3 Å². The Kier molecular flexibility index (Phi) is 4.26. The van der Waals surface area contributed by atoms with Crippen LogP contribution in [0.15, 0.2) is 32.8 Å². The van der Waals surface area contributed by atoms with Crippen LogP contribution in [0.1, 0.15) is 11.1 Å². The predicted molar refractivity (Wildman–Crippen MR) is 77.1 cm³/mol. The number of hydrogen-bond acceptors (Lipinski definition) is 4. The summed E-state index contributed by atoms with van der Waals surface area (Å²) in [6.45, 7) is 0.202. The maximum Gasteiger partial charge on any atom is 0.328 e. The molecule has 0 saturated carbocycles. The Bertz CT molecular complexity index is 780. The van der Waals surface area contributed by atoms with Gasteiger partial charge in [0.05, 0.1) is 6.54 Å². The van der Waals surface area contributed by atoms with Gasteiger partial charge in [0.15, 0.2) is 0 Å². The topological polar surface area (TPSA) is 98.3 Å². The Hall–Kier alpha value is -2.05. The molecule has 104 valence electrons. The Morgan fingerprint density at radius 1 is 1.25 bits per heavy atom. The molecule has 2 aromatic rings. The summed E-state index contributed by atoms with van der Waals surface area (Å²) in [7, 11) is 0. The number of aromatic hydroxyl groups is 1. The smallest absolute Gasteiger partial charge is 0.328 e. The van der Waals surface area contributed by atoms with Gasteiger partial charge in [0.2, 0.25) is 5.88 Å². The van der Waals surface area contributed by atoms with Crippen LogP contribution in [0.3, 0.4) is 0 Å². The second-order valence-corrected chi connectivity index (χ2v) is 4.72. The summed E-state index contributed by atoms with van der Waals surface area (Å²) in [5.41, 5.74) is -0.926. The second kappa shape index (κ2) is 5.94. The molecular formula is C12H9Cl2N3O3. The van der Waals surface area contributed by atoms with Crippen LogP contribution in [-0.2, 0) is 6.54 Å². The number of aliphatic imine (C=N–C) groups is 1. The zero-order valence-electron chi connectivity index (χ0n) is 9.98. The highest BCUT2D eigenvalue weighted by Gasteiger charge is 2.05. The van der Waals surface area contributed by atoms with Gasteiger partial charge in [-0.1, -0.05) is 29.3 Å². The summed E-state index contributed by atoms with van der Waals surface area (Å²) in [5.74, 6) is -0.537. The van der Waals surface area contributed by atoms with E-state index in [2.05, 4.69) is 9.98 Å². The number of nitrogens with one attached hydrogen (secondary N) is 2. The van der Waals surface area contributed by atoms with E-state index in [9.17, 15) is 14.7 Å². The lowest BCUT2D eigenvalue weighted by molar-refractivity contribution is 0.447. The van der Waals surface area contributed by atoms with Crippen LogP contribution in [0.4, 0.5) is 0 Å². The van der Waals surface area contributed by atoms with Crippen LogP contribution < -0.4 is 11.2 Å². The number of benzene rings is 1. The number of rotatable bonds is 3. The molecule has 0 saturated heterocycles. The maximum atomic E-state index is 11.4. The van der Waals surface area contributed by atoms with Crippen molar-refractivity contribution in [3.8, 4) is 5.88 Å². The van der Waals surface area contributed by atoms with Crippen molar-refractivity contribution in [2.45, 2.75) is 6.54 Å². The summed E-state index contributed by atoms with van der Waals surface area (Å²) < 4.78 is 0. The van der Waals surface area contributed by atoms with Crippen LogP contribution in [0.25, 0.3) is 0 Å². The molecule has 3 N–H and O–H groups in total. The first-order valence-electron chi connectivity index (χ1n) is 5.46. The molecule has 0 unspecified atom stereocenters. The van der Waals surface area contributed by atoms with E-state index in [1.165, 1.54) is 0 Å². The Balaban J connectivity index is 2.23. The van der Waals surface area contributed by atoms with Crippen molar-refractivity contribution in [2.75, 3.05) is 0 Å². The fraction of sp³-hybridized carbons (Fsp3) is 0.0833. The molecule has 0 amide bonds. The van der Waals surface area contributed by atoms with Gasteiger partial charge >= 0.3 is 5.69 Å². The van der Waals surface area contributed by atoms with Gasteiger partial charge in [-0.15, -0.1) is 0 Å². The number of nitrogens with zero attached hydrogens (tertiary/aromatic N) is 1. The number of hydrogen-bond donors (Lipinski definition) is 3. The van der Waals surface area contributed by atoms with Crippen molar-refractivity contribution < 1.29 is 5.11 Å². The van der Waals surface area contributed by atoms with E-state index in [-0.39, 0.29) is 12.1 Å². The molecule has 6 nitrogen and oxygen atoms in total. The summed E-state index contributed by atoms with van der Waals surface area (Å²) in [6, 6.07) is 4.96. The second-order valence-electron chi connectivity index (χ2n) is 3.88. The molecule has 2 rings (SSSR count). The summed E-state index contributed by atoms with van der Waals surface area (Å²) in [6.07, 6.45) is 1.16. The number of aromatic nitrogens is 2. The van der Waals surface area contributed by atoms with E-state index in [4.69, 9.17) is 23.2 Å². The summed E-state index contributed by atoms with van der Waals surface area (Å²) in [5, 5.41) is 10.4. The van der Waals surface area contributed by atoms with Crippen LogP contribution >= 0.6 is 23.2 Å². The quantitative estimate of drug-likeness (QED) is 0.752. The molecule has 0 atom stereocenters. The molecule has 8 heteroatoms. The maximum absolute atomic E-state index is 11.4. The molecule has 1 aromatic carbocycles. The zero-order chi connectivity index (χ0) is 14.7. The van der Waals surface area contributed by atoms with Crippen LogP contribution in [-0.4, -0.2) is 21.3 Å². The van der Waals surface area contributed by atoms with Gasteiger partial charge in [-0.05, 0) is 17.7 Å². The third-order valence-corrected chi connectivity index (χ3v) is 3.04. The normalized spacial score (nSPS) is 11.1. The molecule has 0 fully saturated rings. The van der Waals surface area contributed by atoms with E-state index in [1.807, 2.05) is 4.98 Å². The minimum Gasteiger partial charge on any atom is -0.494 e. The Morgan fingerprint density at radius 2 is 2.00 bits per heavy atom. The van der Waals surface area contributed by atoms with Crippen LogP contribution in [0.5, 0.6) is 5.88 Å². The van der Waals surface area contributed by atoms with E-state index in [0.29, 0.717) is 15.6 Å². The minimum atomic E-state index is -0.787. The van der Waals surface area contributed by atoms with Crippen molar-refractivity contribution in [1.82, 2.24) is 9.97 Å². The molecule has 0 spiro atoms. The fourth-order valence-electron chi connectivity index (χ4n) is 1.49. The van der Waals surface area contributed by atoms with Gasteiger partial charge in [-0.3, -0.25) is 19.8 Å². The molecule has 1 heterocycles. The summed E-state index contributed by atoms with van der Waals surface area (Å²) >= 11 is 11.7. The van der Waals surface area contributed by atoms with E-state index in [1.54, 1.807) is 18.2 Å². The van der Waals surface area contributed by atoms with Gasteiger partial charge in [0.1, 0.15) is 5.56 Å². The predicted octanol–water partition coefficient (Wildman–Crippen LogP) is 1.69. The highest BCUT2D eigenvalue weighted by Crippen LogP contribution is 2.21. The van der Waals surface area contributed by atoms with Gasteiger partial charge in [0.25, 0.3) is 5.56 Å². The molecule has 0 bridgehead atoms. The monoisotopic (exact) mass is 313 g/mol. The lowest BCUT2D eigenvalue weighted by Gasteiger charge is -2.01. The average molecular weight is 314 g/mol. The van der Waals surface area contributed by atoms with Crippen molar-refractivity contribution in [3.63, 3.8) is 0 Å². The third kappa shape index (κ3) is 3.28. The lowest BCUT2D eigenvalue weighted by atomic mass is 10.2. The van der Waals surface area contributed by atoms with E-state index >= 15 is 0 Å². The Morgan fingerprint density at radius 3 is 2.65 bits per heavy atom. The van der Waals surface area contributed by atoms with Gasteiger partial charge in [-0.2, -0.15) is 0 Å². The van der Waals surface area contributed by atoms with E-state index < -0.39 is 17.1 Å². The highest BCUT2D eigenvalue weighted by molar-refractivity contribution is 6.35. The summed E-state index contributed by atoms with van der Waals surface area (Å²) in [4.78, 5) is 30.4. The first-order valence-corrected chi connectivity index (χ1v) is 6.22. The van der Waals surface area contributed by atoms with Gasteiger partial charge in [-0.25, -0.2) is 4.79 Å². The standard InChI is InChI=1S/C12H9Cl2N3O3/c13-7-2-1-6(9(14)3-7)4-15-5-8-10(18)16-12(20)17-11(8)19/h1-3,5H,4H2,(H3,16,17,18,19,20). The average Bonchev–Trinajstić information content (AvgIpc) is 2.34. The number of aromatic amines is 2. The molecule has 1 aromatic heterocycles. The number of H-pyrrole nitrogens is 2. The minimum absolute atomic E-state index is 0.130. The SMILES string of the molecule is O=c1[nH]c(O)c(C=NCc2ccc(Cl)cc2Cl)c(=O)[nH]1. The molecule has 0 aliphatic carbocycles. The fourth-order valence-corrected chi connectivity index (χ4v) is 1.96. The van der Waals surface area contributed by atoms with Crippen LogP contribution in [0, 0.1) is 0 Å². The van der Waals surface area contributed by atoms with E-state index in [0.717, 1.165) is 6.21 Å². The number of halogens is 2.